The third kappa shape index (κ3) is 3.86. The molecule has 0 aliphatic rings. The fraction of sp³-hybridized carbons (Fsp3) is 0.300. The van der Waals surface area contributed by atoms with Crippen LogP contribution in [0.25, 0.3) is 17.1 Å². The average molecular weight is 305 g/mol. The number of hydrogen-bond acceptors (Lipinski definition) is 2. The molecule has 0 fully saturated rings. The van der Waals surface area contributed by atoms with Crippen LogP contribution in [0.1, 0.15) is 38.3 Å². The van der Waals surface area contributed by atoms with E-state index in [2.05, 4.69) is 30.1 Å². The Balaban J connectivity index is 1.91. The summed E-state index contributed by atoms with van der Waals surface area (Å²) in [5.74, 6) is 0. The highest BCUT2D eigenvalue weighted by atomic mass is 15.3. The normalized spacial score (nSPS) is 10.8. The second kappa shape index (κ2) is 7.73. The zero-order chi connectivity index (χ0) is 15.9. The van der Waals surface area contributed by atoms with Crippen LogP contribution < -0.4 is 0 Å². The number of aromatic nitrogens is 3. The van der Waals surface area contributed by atoms with Crippen molar-refractivity contribution in [3.63, 3.8) is 0 Å². The molecule has 0 atom stereocenters. The first-order valence-corrected chi connectivity index (χ1v) is 8.44. The number of para-hydroxylation sites is 1. The number of rotatable bonds is 7. The molecular formula is C20H23N3. The van der Waals surface area contributed by atoms with Crippen molar-refractivity contribution in [2.24, 2.45) is 0 Å². The first-order valence-electron chi connectivity index (χ1n) is 8.44. The number of benzene rings is 1. The lowest BCUT2D eigenvalue weighted by Gasteiger charge is -2.06. The van der Waals surface area contributed by atoms with Crippen molar-refractivity contribution in [3.8, 4) is 17.1 Å². The molecule has 0 aliphatic heterocycles. The van der Waals surface area contributed by atoms with Crippen LogP contribution in [0.15, 0.2) is 60.8 Å². The van der Waals surface area contributed by atoms with E-state index in [1.54, 1.807) is 0 Å². The summed E-state index contributed by atoms with van der Waals surface area (Å²) in [5.41, 5.74) is 4.24. The summed E-state index contributed by atoms with van der Waals surface area (Å²) in [7, 11) is 0. The van der Waals surface area contributed by atoms with Crippen LogP contribution in [0.5, 0.6) is 0 Å². The first kappa shape index (κ1) is 15.5. The van der Waals surface area contributed by atoms with Crippen molar-refractivity contribution in [3.05, 3.63) is 66.5 Å². The largest absolute Gasteiger partial charge is 0.255 e. The fourth-order valence-electron chi connectivity index (χ4n) is 2.75. The SMILES string of the molecule is CCCCCCc1cc(-c2ccccn2)n(-c2ccccc2)n1. The van der Waals surface area contributed by atoms with Crippen molar-refractivity contribution >= 4 is 0 Å². The van der Waals surface area contributed by atoms with E-state index in [9.17, 15) is 0 Å². The monoisotopic (exact) mass is 305 g/mol. The van der Waals surface area contributed by atoms with Gasteiger partial charge in [-0.3, -0.25) is 4.98 Å². The third-order valence-electron chi connectivity index (χ3n) is 3.97. The molecule has 3 nitrogen and oxygen atoms in total. The van der Waals surface area contributed by atoms with Gasteiger partial charge in [-0.05, 0) is 43.2 Å². The summed E-state index contributed by atoms with van der Waals surface area (Å²) in [6.45, 7) is 2.24. The van der Waals surface area contributed by atoms with E-state index in [1.165, 1.54) is 25.7 Å². The first-order chi connectivity index (χ1) is 11.4. The van der Waals surface area contributed by atoms with Crippen molar-refractivity contribution in [2.45, 2.75) is 39.0 Å². The Morgan fingerprint density at radius 1 is 0.913 bits per heavy atom. The van der Waals surface area contributed by atoms with E-state index in [1.807, 2.05) is 47.3 Å². The lowest BCUT2D eigenvalue weighted by Crippen LogP contribution is -2.00. The van der Waals surface area contributed by atoms with Gasteiger partial charge in [-0.2, -0.15) is 5.10 Å². The standard InChI is InChI=1S/C20H23N3/c1-2-3-4-6-11-17-16-20(19-14-9-10-15-21-19)23(22-17)18-12-7-5-8-13-18/h5,7-10,12-16H,2-4,6,11H2,1H3. The van der Waals surface area contributed by atoms with Crippen molar-refractivity contribution < 1.29 is 0 Å². The van der Waals surface area contributed by atoms with Gasteiger partial charge in [-0.1, -0.05) is 50.5 Å². The molecule has 0 spiro atoms. The van der Waals surface area contributed by atoms with E-state index in [4.69, 9.17) is 5.10 Å². The van der Waals surface area contributed by atoms with Gasteiger partial charge in [-0.25, -0.2) is 4.68 Å². The molecule has 3 aromatic rings. The number of hydrogen-bond donors (Lipinski definition) is 0. The van der Waals surface area contributed by atoms with Crippen LogP contribution in [0, 0.1) is 0 Å². The number of aryl methyl sites for hydroxylation is 1. The summed E-state index contributed by atoms with van der Waals surface area (Å²) < 4.78 is 2.01. The molecule has 2 heterocycles. The predicted molar refractivity (Wildman–Crippen MR) is 94.6 cm³/mol. The maximum atomic E-state index is 4.83. The Labute approximate surface area is 138 Å². The molecule has 0 N–H and O–H groups in total. The topological polar surface area (TPSA) is 30.7 Å². The molecule has 0 saturated carbocycles. The van der Waals surface area contributed by atoms with Crippen molar-refractivity contribution in [1.29, 1.82) is 0 Å². The average Bonchev–Trinajstić information content (AvgIpc) is 3.05. The van der Waals surface area contributed by atoms with Crippen LogP contribution in [0.3, 0.4) is 0 Å². The predicted octanol–water partition coefficient (Wildman–Crippen LogP) is 5.06. The van der Waals surface area contributed by atoms with Gasteiger partial charge >= 0.3 is 0 Å². The Hall–Kier alpha value is -2.42. The molecule has 3 rings (SSSR count). The van der Waals surface area contributed by atoms with E-state index in [0.717, 1.165) is 29.2 Å². The minimum Gasteiger partial charge on any atom is -0.255 e. The van der Waals surface area contributed by atoms with Crippen LogP contribution in [-0.4, -0.2) is 14.8 Å². The lowest BCUT2D eigenvalue weighted by atomic mass is 10.1. The molecule has 0 saturated heterocycles. The van der Waals surface area contributed by atoms with Gasteiger partial charge in [0.25, 0.3) is 0 Å². The van der Waals surface area contributed by atoms with Gasteiger partial charge in [-0.15, -0.1) is 0 Å². The summed E-state index contributed by atoms with van der Waals surface area (Å²) in [6, 6.07) is 18.5. The smallest absolute Gasteiger partial charge is 0.0927 e. The fourth-order valence-corrected chi connectivity index (χ4v) is 2.75. The maximum absolute atomic E-state index is 4.83. The molecule has 0 aliphatic carbocycles. The molecule has 3 heteroatoms. The molecule has 2 aromatic heterocycles. The summed E-state index contributed by atoms with van der Waals surface area (Å²) in [6.07, 6.45) is 7.89. The van der Waals surface area contributed by atoms with Gasteiger partial charge in [0.1, 0.15) is 0 Å². The number of unbranched alkanes of at least 4 members (excludes halogenated alkanes) is 3. The molecule has 23 heavy (non-hydrogen) atoms. The molecule has 0 amide bonds. The van der Waals surface area contributed by atoms with Gasteiger partial charge in [0.2, 0.25) is 0 Å². The van der Waals surface area contributed by atoms with Crippen LogP contribution in [-0.2, 0) is 6.42 Å². The van der Waals surface area contributed by atoms with E-state index < -0.39 is 0 Å². The lowest BCUT2D eigenvalue weighted by molar-refractivity contribution is 0.656. The quantitative estimate of drug-likeness (QED) is 0.571. The Bertz CT molecular complexity index is 660. The van der Waals surface area contributed by atoms with Gasteiger partial charge in [0, 0.05) is 6.20 Å². The highest BCUT2D eigenvalue weighted by molar-refractivity contribution is 5.58. The van der Waals surface area contributed by atoms with Crippen LogP contribution in [0.2, 0.25) is 0 Å². The van der Waals surface area contributed by atoms with E-state index in [0.29, 0.717) is 0 Å². The Morgan fingerprint density at radius 3 is 2.48 bits per heavy atom. The minimum atomic E-state index is 0.962. The Morgan fingerprint density at radius 2 is 1.74 bits per heavy atom. The molecule has 1 aromatic carbocycles. The highest BCUT2D eigenvalue weighted by Gasteiger charge is 2.12. The zero-order valence-electron chi connectivity index (χ0n) is 13.7. The summed E-state index contributed by atoms with van der Waals surface area (Å²) in [5, 5.41) is 4.83. The number of nitrogens with zero attached hydrogens (tertiary/aromatic N) is 3. The molecule has 118 valence electrons. The second-order valence-corrected chi connectivity index (χ2v) is 5.79. The van der Waals surface area contributed by atoms with E-state index >= 15 is 0 Å². The van der Waals surface area contributed by atoms with Gasteiger partial charge in [0.15, 0.2) is 0 Å². The van der Waals surface area contributed by atoms with Gasteiger partial charge < -0.3 is 0 Å². The molecule has 0 radical (unpaired) electrons. The highest BCUT2D eigenvalue weighted by Crippen LogP contribution is 2.23. The summed E-state index contributed by atoms with van der Waals surface area (Å²) >= 11 is 0. The molecule has 0 unspecified atom stereocenters. The number of pyridine rings is 1. The minimum absolute atomic E-state index is 0.962. The van der Waals surface area contributed by atoms with E-state index in [-0.39, 0.29) is 0 Å². The van der Waals surface area contributed by atoms with Gasteiger partial charge in [0.05, 0.1) is 22.8 Å². The Kier molecular flexibility index (Phi) is 5.20. The second-order valence-electron chi connectivity index (χ2n) is 5.79. The van der Waals surface area contributed by atoms with Crippen LogP contribution >= 0.6 is 0 Å². The third-order valence-corrected chi connectivity index (χ3v) is 3.97. The molecule has 0 bridgehead atoms. The zero-order valence-corrected chi connectivity index (χ0v) is 13.7. The summed E-state index contributed by atoms with van der Waals surface area (Å²) in [4.78, 5) is 4.50. The maximum Gasteiger partial charge on any atom is 0.0927 e. The van der Waals surface area contributed by atoms with Crippen molar-refractivity contribution in [2.75, 3.05) is 0 Å². The van der Waals surface area contributed by atoms with Crippen LogP contribution in [0.4, 0.5) is 0 Å². The molecular weight excluding hydrogens is 282 g/mol. The van der Waals surface area contributed by atoms with Crippen molar-refractivity contribution in [1.82, 2.24) is 14.8 Å².